The monoisotopic (exact) mass is 658 g/mol. The number of amides is 1. The second-order valence-corrected chi connectivity index (χ2v) is 14.9. The number of pyridine rings is 1. The van der Waals surface area contributed by atoms with Gasteiger partial charge in [0.05, 0.1) is 28.0 Å². The lowest BCUT2D eigenvalue weighted by molar-refractivity contribution is 0.0122. The van der Waals surface area contributed by atoms with Crippen molar-refractivity contribution in [3.63, 3.8) is 0 Å². The second-order valence-electron chi connectivity index (χ2n) is 14.5. The molecule has 2 bridgehead atoms. The Morgan fingerprint density at radius 2 is 1.74 bits per heavy atom. The predicted octanol–water partition coefficient (Wildman–Crippen LogP) is 7.23. The number of carbonyl (C=O) groups excluding carboxylic acids is 1. The molecule has 4 aromatic rings. The molecule has 9 nitrogen and oxygen atoms in total. The van der Waals surface area contributed by atoms with Crippen molar-refractivity contribution in [1.82, 2.24) is 24.8 Å². The van der Waals surface area contributed by atoms with E-state index in [9.17, 15) is 4.79 Å². The first-order valence-corrected chi connectivity index (χ1v) is 17.2. The summed E-state index contributed by atoms with van der Waals surface area (Å²) in [6.07, 6.45) is 7.53. The normalized spacial score (nSPS) is 22.3. The molecule has 2 aromatic heterocycles. The van der Waals surface area contributed by atoms with Crippen LogP contribution in [0.15, 0.2) is 42.6 Å². The fraction of sp³-hybridized carbons (Fsp3) is 0.500. The Balaban J connectivity index is 1.20. The molecule has 6 heterocycles. The third kappa shape index (κ3) is 5.33. The van der Waals surface area contributed by atoms with Crippen molar-refractivity contribution < 1.29 is 18.7 Å². The molecule has 0 spiro atoms. The average Bonchev–Trinajstić information content (AvgIpc) is 3.70. The van der Waals surface area contributed by atoms with Crippen molar-refractivity contribution in [2.75, 3.05) is 37.7 Å². The molecule has 11 heteroatoms. The first-order valence-electron chi connectivity index (χ1n) is 16.8. The van der Waals surface area contributed by atoms with E-state index in [0.717, 1.165) is 62.4 Å². The molecule has 0 aliphatic carbocycles. The highest BCUT2D eigenvalue weighted by Gasteiger charge is 2.46. The average molecular weight is 659 g/mol. The molecule has 4 aliphatic heterocycles. The van der Waals surface area contributed by atoms with Gasteiger partial charge in [0.15, 0.2) is 5.82 Å². The summed E-state index contributed by atoms with van der Waals surface area (Å²) < 4.78 is 29.1. The van der Waals surface area contributed by atoms with Gasteiger partial charge in [-0.2, -0.15) is 9.97 Å². The first-order chi connectivity index (χ1) is 22.6. The van der Waals surface area contributed by atoms with Crippen LogP contribution in [0, 0.1) is 5.82 Å². The minimum atomic E-state index is -0.579. The number of ether oxygens (including phenoxy) is 2. The number of benzene rings is 2. The molecule has 4 fully saturated rings. The number of hydrogen-bond acceptors (Lipinski definition) is 8. The van der Waals surface area contributed by atoms with Crippen LogP contribution in [-0.4, -0.2) is 86.9 Å². The molecule has 0 unspecified atom stereocenters. The molecule has 0 radical (unpaired) electrons. The Hall–Kier alpha value is -3.76. The third-order valence-electron chi connectivity index (χ3n) is 10.4. The fourth-order valence-electron chi connectivity index (χ4n) is 8.34. The summed E-state index contributed by atoms with van der Waals surface area (Å²) in [4.78, 5) is 34.1. The molecule has 0 saturated carbocycles. The van der Waals surface area contributed by atoms with Crippen LogP contribution in [0.2, 0.25) is 5.02 Å². The Morgan fingerprint density at radius 3 is 2.47 bits per heavy atom. The van der Waals surface area contributed by atoms with Gasteiger partial charge in [0, 0.05) is 24.8 Å². The minimum absolute atomic E-state index is 0.0188. The van der Waals surface area contributed by atoms with Crippen LogP contribution in [0.4, 0.5) is 15.0 Å². The number of piperazine rings is 1. The van der Waals surface area contributed by atoms with E-state index in [0.29, 0.717) is 41.5 Å². The zero-order valence-electron chi connectivity index (χ0n) is 27.1. The van der Waals surface area contributed by atoms with Gasteiger partial charge in [-0.25, -0.2) is 9.18 Å². The van der Waals surface area contributed by atoms with E-state index in [4.69, 9.17) is 31.0 Å². The minimum Gasteiger partial charge on any atom is -0.461 e. The molecule has 2 atom stereocenters. The van der Waals surface area contributed by atoms with Crippen molar-refractivity contribution in [3.8, 4) is 17.3 Å². The van der Waals surface area contributed by atoms with Gasteiger partial charge in [-0.05, 0) is 89.2 Å². The summed E-state index contributed by atoms with van der Waals surface area (Å²) in [7, 11) is 0. The lowest BCUT2D eigenvalue weighted by atomic mass is 9.95. The van der Waals surface area contributed by atoms with Crippen molar-refractivity contribution in [2.24, 2.45) is 0 Å². The van der Waals surface area contributed by atoms with Crippen LogP contribution in [0.25, 0.3) is 32.9 Å². The highest BCUT2D eigenvalue weighted by atomic mass is 35.5. The summed E-state index contributed by atoms with van der Waals surface area (Å²) >= 11 is 6.72. The van der Waals surface area contributed by atoms with E-state index in [2.05, 4.69) is 14.8 Å². The topological polar surface area (TPSA) is 83.9 Å². The Labute approximate surface area is 279 Å². The highest BCUT2D eigenvalue weighted by Crippen LogP contribution is 2.42. The fourth-order valence-corrected chi connectivity index (χ4v) is 8.59. The van der Waals surface area contributed by atoms with E-state index in [1.165, 1.54) is 0 Å². The van der Waals surface area contributed by atoms with Crippen LogP contribution in [-0.2, 0) is 4.74 Å². The van der Waals surface area contributed by atoms with Crippen molar-refractivity contribution >= 4 is 45.2 Å². The molecular formula is C36H40ClFN6O3. The smallest absolute Gasteiger partial charge is 0.410 e. The summed E-state index contributed by atoms with van der Waals surface area (Å²) in [5.74, 6) is 0.00560. The van der Waals surface area contributed by atoms with Crippen molar-refractivity contribution in [2.45, 2.75) is 82.5 Å². The molecule has 246 valence electrons. The SMILES string of the molecule is CC(C)(C)OC(=O)N1[C@@H]2CC[C@H]1CN(c1nc(OCC34CCCN3CCC4)nc3c(F)c(-c4c(Cl)ccc5ccccc45)ncc13)C2. The maximum atomic E-state index is 16.9. The van der Waals surface area contributed by atoms with Crippen molar-refractivity contribution in [3.05, 3.63) is 53.4 Å². The van der Waals surface area contributed by atoms with Gasteiger partial charge in [-0.15, -0.1) is 0 Å². The zero-order valence-corrected chi connectivity index (χ0v) is 27.9. The number of halogens is 2. The van der Waals surface area contributed by atoms with Crippen LogP contribution in [0.3, 0.4) is 0 Å². The number of anilines is 1. The Bertz CT molecular complexity index is 1860. The van der Waals surface area contributed by atoms with Gasteiger partial charge in [-0.1, -0.05) is 41.9 Å². The Kier molecular flexibility index (Phi) is 7.44. The zero-order chi connectivity index (χ0) is 32.5. The third-order valence-corrected chi connectivity index (χ3v) is 10.7. The van der Waals surface area contributed by atoms with Gasteiger partial charge in [0.1, 0.15) is 29.2 Å². The van der Waals surface area contributed by atoms with Gasteiger partial charge < -0.3 is 14.4 Å². The number of carbonyl (C=O) groups is 1. The largest absolute Gasteiger partial charge is 0.461 e. The summed E-state index contributed by atoms with van der Waals surface area (Å²) in [5.41, 5.74) is 0.218. The van der Waals surface area contributed by atoms with E-state index < -0.39 is 11.4 Å². The Morgan fingerprint density at radius 1 is 1.02 bits per heavy atom. The molecule has 0 N–H and O–H groups in total. The summed E-state index contributed by atoms with van der Waals surface area (Å²) in [5, 5.41) is 2.67. The highest BCUT2D eigenvalue weighted by molar-refractivity contribution is 6.35. The maximum absolute atomic E-state index is 16.9. The van der Waals surface area contributed by atoms with E-state index in [1.807, 2.05) is 56.0 Å². The second kappa shape index (κ2) is 11.4. The van der Waals surface area contributed by atoms with Gasteiger partial charge in [-0.3, -0.25) is 14.8 Å². The number of fused-ring (bicyclic) bond motifs is 5. The predicted molar refractivity (Wildman–Crippen MR) is 181 cm³/mol. The van der Waals surface area contributed by atoms with Crippen LogP contribution >= 0.6 is 11.6 Å². The number of aromatic nitrogens is 3. The molecule has 4 aliphatic rings. The standard InChI is InChI=1S/C36H40ClFN6O3/c1-35(2,3)47-34(45)44-23-11-12-24(44)20-42(19-23)32-26-18-39-31(28-25-9-5-4-8-22(25)10-13-27(28)37)29(38)30(26)40-33(41-32)46-21-36-14-6-16-43(36)17-7-15-36/h4-5,8-10,13,18,23-24H,6-7,11-12,14-17,19-21H2,1-3H3/t23-,24+. The van der Waals surface area contributed by atoms with E-state index in [1.54, 1.807) is 12.3 Å². The van der Waals surface area contributed by atoms with Crippen LogP contribution in [0.1, 0.15) is 59.3 Å². The molecule has 4 saturated heterocycles. The van der Waals surface area contributed by atoms with Crippen LogP contribution < -0.4 is 9.64 Å². The summed E-state index contributed by atoms with van der Waals surface area (Å²) in [6.45, 7) is 9.35. The number of rotatable bonds is 5. The van der Waals surface area contributed by atoms with Gasteiger partial charge in [0.2, 0.25) is 0 Å². The van der Waals surface area contributed by atoms with E-state index in [-0.39, 0.29) is 40.9 Å². The van der Waals surface area contributed by atoms with Gasteiger partial charge >= 0.3 is 12.1 Å². The van der Waals surface area contributed by atoms with Gasteiger partial charge in [0.25, 0.3) is 0 Å². The maximum Gasteiger partial charge on any atom is 0.410 e. The lowest BCUT2D eigenvalue weighted by Crippen LogP contribution is -2.57. The molecule has 2 aromatic carbocycles. The first kappa shape index (κ1) is 30.6. The molecular weight excluding hydrogens is 619 g/mol. The van der Waals surface area contributed by atoms with Crippen molar-refractivity contribution in [1.29, 1.82) is 0 Å². The quantitative estimate of drug-likeness (QED) is 0.222. The van der Waals surface area contributed by atoms with Crippen LogP contribution in [0.5, 0.6) is 6.01 Å². The lowest BCUT2D eigenvalue weighted by Gasteiger charge is -2.42. The van der Waals surface area contributed by atoms with E-state index >= 15 is 4.39 Å². The number of hydrogen-bond donors (Lipinski definition) is 0. The molecule has 47 heavy (non-hydrogen) atoms. The molecule has 1 amide bonds. The number of nitrogens with zero attached hydrogens (tertiary/aromatic N) is 6. The summed E-state index contributed by atoms with van der Waals surface area (Å²) in [6, 6.07) is 11.5. The molecule has 8 rings (SSSR count).